The van der Waals surface area contributed by atoms with Crippen LogP contribution < -0.4 is 19.9 Å². The average Bonchev–Trinajstić information content (AvgIpc) is 2.74. The van der Waals surface area contributed by atoms with E-state index in [0.29, 0.717) is 17.9 Å². The Hall–Kier alpha value is -1.91. The van der Waals surface area contributed by atoms with Crippen LogP contribution in [0.2, 0.25) is 0 Å². The van der Waals surface area contributed by atoms with Crippen molar-refractivity contribution in [3.63, 3.8) is 0 Å². The number of benzene rings is 1. The van der Waals surface area contributed by atoms with Crippen molar-refractivity contribution in [3.8, 4) is 17.2 Å². The molecule has 0 bridgehead atoms. The molecule has 5 heteroatoms. The van der Waals surface area contributed by atoms with E-state index in [1.807, 2.05) is 19.1 Å². The summed E-state index contributed by atoms with van der Waals surface area (Å²) in [7, 11) is 0. The molecular weight excluding hydrogens is 220 g/mol. The molecule has 1 aromatic rings. The molecule has 1 unspecified atom stereocenters. The third kappa shape index (κ3) is 2.81. The fourth-order valence-electron chi connectivity index (χ4n) is 1.66. The first-order chi connectivity index (χ1) is 8.19. The van der Waals surface area contributed by atoms with Crippen LogP contribution in [0.3, 0.4) is 0 Å². The molecule has 1 heterocycles. The van der Waals surface area contributed by atoms with Crippen molar-refractivity contribution in [3.05, 3.63) is 18.2 Å². The summed E-state index contributed by atoms with van der Waals surface area (Å²) in [5, 5.41) is 7.27. The second kappa shape index (κ2) is 4.95. The molecule has 0 fully saturated rings. The van der Waals surface area contributed by atoms with Crippen molar-refractivity contribution in [1.29, 1.82) is 5.41 Å². The normalized spacial score (nSPS) is 14.4. The van der Waals surface area contributed by atoms with Gasteiger partial charge < -0.3 is 19.9 Å². The van der Waals surface area contributed by atoms with Gasteiger partial charge >= 0.3 is 0 Å². The van der Waals surface area contributed by atoms with E-state index in [4.69, 9.17) is 25.4 Å². The van der Waals surface area contributed by atoms with Crippen molar-refractivity contribution in [2.75, 3.05) is 6.79 Å². The highest BCUT2D eigenvalue weighted by Crippen LogP contribution is 2.35. The summed E-state index contributed by atoms with van der Waals surface area (Å²) >= 11 is 0. The fraction of sp³-hybridized carbons (Fsp3) is 0.417. The quantitative estimate of drug-likeness (QED) is 0.604. The lowest BCUT2D eigenvalue weighted by Gasteiger charge is -2.16. The maximum Gasteiger partial charge on any atom is 0.231 e. The number of rotatable bonds is 5. The minimum atomic E-state index is -0.0760. The largest absolute Gasteiger partial charge is 0.490 e. The molecule has 1 atom stereocenters. The zero-order chi connectivity index (χ0) is 12.3. The number of hydrogen-bond donors (Lipinski definition) is 2. The van der Waals surface area contributed by atoms with Gasteiger partial charge in [0.05, 0.1) is 5.84 Å². The number of nitrogens with two attached hydrogens (primary N) is 1. The molecule has 0 spiro atoms. The lowest BCUT2D eigenvalue weighted by molar-refractivity contribution is 0.173. The van der Waals surface area contributed by atoms with Gasteiger partial charge in [-0.1, -0.05) is 6.92 Å². The number of nitrogens with one attached hydrogen (secondary N) is 1. The minimum Gasteiger partial charge on any atom is -0.490 e. The molecule has 5 nitrogen and oxygen atoms in total. The first-order valence-corrected chi connectivity index (χ1v) is 5.58. The van der Waals surface area contributed by atoms with Gasteiger partial charge in [-0.3, -0.25) is 5.41 Å². The van der Waals surface area contributed by atoms with E-state index in [9.17, 15) is 0 Å². The summed E-state index contributed by atoms with van der Waals surface area (Å²) in [6.07, 6.45) is 1.16. The summed E-state index contributed by atoms with van der Waals surface area (Å²) in [6, 6.07) is 5.44. The summed E-state index contributed by atoms with van der Waals surface area (Å²) in [6.45, 7) is 2.25. The lowest BCUT2D eigenvalue weighted by atomic mass is 10.2. The predicted octanol–water partition coefficient (Wildman–Crippen LogP) is 1.90. The Kier molecular flexibility index (Phi) is 3.37. The molecule has 0 saturated heterocycles. The number of ether oxygens (including phenoxy) is 3. The lowest BCUT2D eigenvalue weighted by Crippen LogP contribution is -2.23. The summed E-state index contributed by atoms with van der Waals surface area (Å²) in [4.78, 5) is 0. The maximum absolute atomic E-state index is 7.27. The second-order valence-corrected chi connectivity index (χ2v) is 3.89. The third-order valence-corrected chi connectivity index (χ3v) is 2.55. The van der Waals surface area contributed by atoms with E-state index in [0.717, 1.165) is 12.2 Å². The Bertz CT molecular complexity index is 420. The Balaban J connectivity index is 2.04. The highest BCUT2D eigenvalue weighted by atomic mass is 16.7. The van der Waals surface area contributed by atoms with Crippen molar-refractivity contribution in [2.24, 2.45) is 5.73 Å². The van der Waals surface area contributed by atoms with E-state index < -0.39 is 0 Å². The fourth-order valence-corrected chi connectivity index (χ4v) is 1.66. The maximum atomic E-state index is 7.27. The number of fused-ring (bicyclic) bond motifs is 1. The van der Waals surface area contributed by atoms with E-state index >= 15 is 0 Å². The van der Waals surface area contributed by atoms with Crippen molar-refractivity contribution in [2.45, 2.75) is 25.9 Å². The SMILES string of the molecule is CCC(CC(=N)N)Oc1ccc2c(c1)OCO2. The van der Waals surface area contributed by atoms with Crippen LogP contribution >= 0.6 is 0 Å². The van der Waals surface area contributed by atoms with Gasteiger partial charge in [-0.15, -0.1) is 0 Å². The molecule has 0 radical (unpaired) electrons. The Morgan fingerprint density at radius 3 is 2.94 bits per heavy atom. The van der Waals surface area contributed by atoms with Gasteiger partial charge in [-0.25, -0.2) is 0 Å². The van der Waals surface area contributed by atoms with Gasteiger partial charge in [0.25, 0.3) is 0 Å². The van der Waals surface area contributed by atoms with E-state index in [-0.39, 0.29) is 18.7 Å². The second-order valence-electron chi connectivity index (χ2n) is 3.89. The zero-order valence-electron chi connectivity index (χ0n) is 9.73. The van der Waals surface area contributed by atoms with Crippen LogP contribution in [0.4, 0.5) is 0 Å². The van der Waals surface area contributed by atoms with Gasteiger partial charge in [0.15, 0.2) is 11.5 Å². The molecule has 1 aliphatic heterocycles. The van der Waals surface area contributed by atoms with Crippen LogP contribution in [-0.4, -0.2) is 18.7 Å². The predicted molar refractivity (Wildman–Crippen MR) is 63.8 cm³/mol. The minimum absolute atomic E-state index is 0.0760. The Morgan fingerprint density at radius 1 is 1.47 bits per heavy atom. The van der Waals surface area contributed by atoms with Gasteiger partial charge in [-0.2, -0.15) is 0 Å². The van der Waals surface area contributed by atoms with Crippen LogP contribution in [-0.2, 0) is 0 Å². The molecule has 92 valence electrons. The molecule has 0 amide bonds. The topological polar surface area (TPSA) is 77.6 Å². The van der Waals surface area contributed by atoms with Crippen molar-refractivity contribution in [1.82, 2.24) is 0 Å². The monoisotopic (exact) mass is 236 g/mol. The molecule has 2 rings (SSSR count). The summed E-state index contributed by atoms with van der Waals surface area (Å²) < 4.78 is 16.2. The third-order valence-electron chi connectivity index (χ3n) is 2.55. The van der Waals surface area contributed by atoms with Gasteiger partial charge in [0.2, 0.25) is 6.79 Å². The molecule has 1 aromatic carbocycles. The Morgan fingerprint density at radius 2 is 2.24 bits per heavy atom. The molecule has 0 saturated carbocycles. The van der Waals surface area contributed by atoms with Gasteiger partial charge in [0, 0.05) is 12.5 Å². The van der Waals surface area contributed by atoms with E-state index in [1.165, 1.54) is 0 Å². The molecule has 0 aromatic heterocycles. The van der Waals surface area contributed by atoms with Gasteiger partial charge in [0.1, 0.15) is 11.9 Å². The first kappa shape index (κ1) is 11.6. The van der Waals surface area contributed by atoms with Crippen LogP contribution in [0.25, 0.3) is 0 Å². The van der Waals surface area contributed by atoms with Gasteiger partial charge in [-0.05, 0) is 18.6 Å². The van der Waals surface area contributed by atoms with Crippen LogP contribution in [0.1, 0.15) is 19.8 Å². The zero-order valence-corrected chi connectivity index (χ0v) is 9.73. The molecular formula is C12H16N2O3. The molecule has 0 aliphatic carbocycles. The number of amidine groups is 1. The van der Waals surface area contributed by atoms with Crippen LogP contribution in [0.15, 0.2) is 18.2 Å². The highest BCUT2D eigenvalue weighted by Gasteiger charge is 2.16. The molecule has 3 N–H and O–H groups in total. The van der Waals surface area contributed by atoms with Crippen molar-refractivity contribution < 1.29 is 14.2 Å². The van der Waals surface area contributed by atoms with Crippen molar-refractivity contribution >= 4 is 5.84 Å². The first-order valence-electron chi connectivity index (χ1n) is 5.58. The Labute approximate surface area is 100.0 Å². The van der Waals surface area contributed by atoms with E-state index in [1.54, 1.807) is 6.07 Å². The summed E-state index contributed by atoms with van der Waals surface area (Å²) in [5.41, 5.74) is 5.37. The average molecular weight is 236 g/mol. The highest BCUT2D eigenvalue weighted by molar-refractivity contribution is 5.77. The molecule has 1 aliphatic rings. The van der Waals surface area contributed by atoms with Crippen LogP contribution in [0.5, 0.6) is 17.2 Å². The van der Waals surface area contributed by atoms with Crippen LogP contribution in [0, 0.1) is 5.41 Å². The summed E-state index contributed by atoms with van der Waals surface area (Å²) in [5.74, 6) is 2.28. The standard InChI is InChI=1S/C12H16N2O3/c1-2-8(6-12(13)14)17-9-3-4-10-11(5-9)16-7-15-10/h3-5,8H,2,6-7H2,1H3,(H3,13,14). The number of hydrogen-bond acceptors (Lipinski definition) is 4. The smallest absolute Gasteiger partial charge is 0.231 e. The molecule has 17 heavy (non-hydrogen) atoms. The van der Waals surface area contributed by atoms with E-state index in [2.05, 4.69) is 0 Å².